The number of hydrogen-bond donors (Lipinski definition) is 1. The van der Waals surface area contributed by atoms with Crippen LogP contribution in [0.15, 0.2) is 11.6 Å². The number of alkyl halides is 3. The van der Waals surface area contributed by atoms with E-state index in [-0.39, 0.29) is 6.42 Å². The summed E-state index contributed by atoms with van der Waals surface area (Å²) in [5.41, 5.74) is 1.17. The van der Waals surface area contributed by atoms with Crippen molar-refractivity contribution in [2.45, 2.75) is 31.9 Å². The molecule has 1 aliphatic heterocycles. The van der Waals surface area contributed by atoms with Gasteiger partial charge in [-0.2, -0.15) is 13.2 Å². The van der Waals surface area contributed by atoms with Crippen molar-refractivity contribution in [3.05, 3.63) is 11.6 Å². The summed E-state index contributed by atoms with van der Waals surface area (Å²) < 4.78 is 35.3. The summed E-state index contributed by atoms with van der Waals surface area (Å²) in [6.07, 6.45) is -1.02. The largest absolute Gasteiger partial charge is 0.389 e. The molecule has 0 saturated carbocycles. The summed E-state index contributed by atoms with van der Waals surface area (Å²) in [4.78, 5) is 0. The number of halogens is 3. The van der Waals surface area contributed by atoms with Crippen molar-refractivity contribution in [1.82, 2.24) is 5.32 Å². The van der Waals surface area contributed by atoms with E-state index in [4.69, 9.17) is 0 Å². The Bertz CT molecular complexity index is 176. The lowest BCUT2D eigenvalue weighted by molar-refractivity contribution is -0.133. The molecule has 0 amide bonds. The Morgan fingerprint density at radius 1 is 1.23 bits per heavy atom. The predicted octanol–water partition coefficient (Wildman–Crippen LogP) is 2.64. The Morgan fingerprint density at radius 2 is 1.85 bits per heavy atom. The number of rotatable bonds is 2. The molecule has 0 bridgehead atoms. The molecule has 1 N–H and O–H groups in total. The molecule has 1 heterocycles. The Hall–Kier alpha value is -0.510. The molecule has 0 aromatic heterocycles. The summed E-state index contributed by atoms with van der Waals surface area (Å²) in [6, 6.07) is 0. The molecule has 0 aromatic rings. The average Bonchev–Trinajstić information content (AvgIpc) is 2.04. The lowest BCUT2D eigenvalue weighted by Gasteiger charge is -2.15. The molecule has 1 nitrogen and oxygen atoms in total. The highest BCUT2D eigenvalue weighted by Crippen LogP contribution is 2.22. The van der Waals surface area contributed by atoms with E-state index < -0.39 is 12.6 Å². The van der Waals surface area contributed by atoms with Gasteiger partial charge in [0.25, 0.3) is 0 Å². The molecule has 13 heavy (non-hydrogen) atoms. The first kappa shape index (κ1) is 10.6. The molecular formula is C9H14F3N. The standard InChI is InChI=1S/C9H14F3N/c10-9(11,12)5-1-2-8-3-6-13-7-4-8/h2,13H,1,3-7H2. The van der Waals surface area contributed by atoms with Gasteiger partial charge in [0.05, 0.1) is 0 Å². The molecule has 0 atom stereocenters. The van der Waals surface area contributed by atoms with Gasteiger partial charge in [-0.15, -0.1) is 0 Å². The molecule has 76 valence electrons. The first-order valence-electron chi connectivity index (χ1n) is 4.53. The molecule has 0 aromatic carbocycles. The lowest BCUT2D eigenvalue weighted by atomic mass is 10.0. The van der Waals surface area contributed by atoms with Gasteiger partial charge in [-0.1, -0.05) is 11.6 Å². The van der Waals surface area contributed by atoms with E-state index in [1.165, 1.54) is 5.57 Å². The average molecular weight is 193 g/mol. The lowest BCUT2D eigenvalue weighted by Crippen LogP contribution is -2.23. The van der Waals surface area contributed by atoms with Crippen molar-refractivity contribution in [3.63, 3.8) is 0 Å². The maximum Gasteiger partial charge on any atom is 0.389 e. The smallest absolute Gasteiger partial charge is 0.316 e. The van der Waals surface area contributed by atoms with Gasteiger partial charge in [-0.05, 0) is 32.4 Å². The van der Waals surface area contributed by atoms with Gasteiger partial charge in [0, 0.05) is 6.42 Å². The third kappa shape index (κ3) is 4.93. The van der Waals surface area contributed by atoms with E-state index in [1.807, 2.05) is 0 Å². The van der Waals surface area contributed by atoms with E-state index >= 15 is 0 Å². The zero-order valence-electron chi connectivity index (χ0n) is 7.45. The van der Waals surface area contributed by atoms with Gasteiger partial charge in [0.2, 0.25) is 0 Å². The van der Waals surface area contributed by atoms with Crippen LogP contribution in [0.5, 0.6) is 0 Å². The number of hydrogen-bond acceptors (Lipinski definition) is 1. The van der Waals surface area contributed by atoms with Gasteiger partial charge >= 0.3 is 6.18 Å². The normalized spacial score (nSPS) is 18.8. The van der Waals surface area contributed by atoms with Crippen LogP contribution < -0.4 is 5.32 Å². The SMILES string of the molecule is FC(F)(F)CCC=C1CCNCC1. The maximum atomic E-state index is 11.8. The topological polar surface area (TPSA) is 12.0 Å². The van der Waals surface area contributed by atoms with Crippen LogP contribution in [-0.2, 0) is 0 Å². The van der Waals surface area contributed by atoms with E-state index in [9.17, 15) is 13.2 Å². The van der Waals surface area contributed by atoms with Crippen LogP contribution in [0.4, 0.5) is 13.2 Å². The highest BCUT2D eigenvalue weighted by Gasteiger charge is 2.25. The zero-order valence-corrected chi connectivity index (χ0v) is 7.45. The predicted molar refractivity (Wildman–Crippen MR) is 45.5 cm³/mol. The first-order valence-corrected chi connectivity index (χ1v) is 4.53. The molecule has 0 unspecified atom stereocenters. The van der Waals surface area contributed by atoms with Crippen LogP contribution in [0.1, 0.15) is 25.7 Å². The molecule has 0 radical (unpaired) electrons. The Labute approximate surface area is 76.0 Å². The van der Waals surface area contributed by atoms with Crippen molar-refractivity contribution < 1.29 is 13.2 Å². The molecule has 1 saturated heterocycles. The van der Waals surface area contributed by atoms with Crippen LogP contribution in [0, 0.1) is 0 Å². The minimum atomic E-state index is -4.01. The second-order valence-corrected chi connectivity index (χ2v) is 3.27. The van der Waals surface area contributed by atoms with Crippen molar-refractivity contribution in [2.75, 3.05) is 13.1 Å². The highest BCUT2D eigenvalue weighted by atomic mass is 19.4. The molecular weight excluding hydrogens is 179 g/mol. The summed E-state index contributed by atoms with van der Waals surface area (Å²) in [5.74, 6) is 0. The third-order valence-electron chi connectivity index (χ3n) is 2.11. The van der Waals surface area contributed by atoms with Crippen LogP contribution in [0.3, 0.4) is 0 Å². The first-order chi connectivity index (χ1) is 6.08. The second kappa shape index (κ2) is 4.65. The van der Waals surface area contributed by atoms with Crippen molar-refractivity contribution in [1.29, 1.82) is 0 Å². The van der Waals surface area contributed by atoms with Gasteiger partial charge < -0.3 is 5.32 Å². The second-order valence-electron chi connectivity index (χ2n) is 3.27. The van der Waals surface area contributed by atoms with Crippen molar-refractivity contribution in [2.24, 2.45) is 0 Å². The van der Waals surface area contributed by atoms with Crippen LogP contribution in [0.2, 0.25) is 0 Å². The monoisotopic (exact) mass is 193 g/mol. The number of allylic oxidation sites excluding steroid dienone is 1. The molecule has 0 aliphatic carbocycles. The van der Waals surface area contributed by atoms with Crippen LogP contribution in [-0.4, -0.2) is 19.3 Å². The Balaban J connectivity index is 2.22. The minimum Gasteiger partial charge on any atom is -0.316 e. The van der Waals surface area contributed by atoms with E-state index in [1.54, 1.807) is 6.08 Å². The van der Waals surface area contributed by atoms with Crippen LogP contribution >= 0.6 is 0 Å². The number of piperidine rings is 1. The van der Waals surface area contributed by atoms with E-state index in [0.29, 0.717) is 0 Å². The zero-order chi connectivity index (χ0) is 9.73. The molecule has 4 heteroatoms. The highest BCUT2D eigenvalue weighted by molar-refractivity contribution is 5.05. The minimum absolute atomic E-state index is 0.138. The quantitative estimate of drug-likeness (QED) is 0.665. The molecule has 1 rings (SSSR count). The van der Waals surface area contributed by atoms with Crippen molar-refractivity contribution in [3.8, 4) is 0 Å². The fraction of sp³-hybridized carbons (Fsp3) is 0.778. The van der Waals surface area contributed by atoms with Crippen LogP contribution in [0.25, 0.3) is 0 Å². The molecule has 1 aliphatic rings. The Kier molecular flexibility index (Phi) is 3.78. The van der Waals surface area contributed by atoms with Crippen molar-refractivity contribution >= 4 is 0 Å². The summed E-state index contributed by atoms with van der Waals surface area (Å²) in [5, 5.41) is 3.16. The summed E-state index contributed by atoms with van der Waals surface area (Å²) >= 11 is 0. The Morgan fingerprint density at radius 3 is 2.38 bits per heavy atom. The van der Waals surface area contributed by atoms with Gasteiger partial charge in [-0.3, -0.25) is 0 Å². The maximum absolute atomic E-state index is 11.8. The van der Waals surface area contributed by atoms with E-state index in [0.717, 1.165) is 25.9 Å². The third-order valence-corrected chi connectivity index (χ3v) is 2.11. The van der Waals surface area contributed by atoms with Gasteiger partial charge in [0.15, 0.2) is 0 Å². The fourth-order valence-corrected chi connectivity index (χ4v) is 1.39. The summed E-state index contributed by atoms with van der Waals surface area (Å²) in [6.45, 7) is 1.80. The number of nitrogens with one attached hydrogen (secondary N) is 1. The van der Waals surface area contributed by atoms with E-state index in [2.05, 4.69) is 5.32 Å². The fourth-order valence-electron chi connectivity index (χ4n) is 1.39. The van der Waals surface area contributed by atoms with Gasteiger partial charge in [-0.25, -0.2) is 0 Å². The molecule has 0 spiro atoms. The summed E-state index contributed by atoms with van der Waals surface area (Å²) in [7, 11) is 0. The van der Waals surface area contributed by atoms with Gasteiger partial charge in [0.1, 0.15) is 0 Å². The molecule has 1 fully saturated rings.